The van der Waals surface area contributed by atoms with Crippen molar-refractivity contribution in [3.8, 4) is 0 Å². The van der Waals surface area contributed by atoms with Crippen LogP contribution in [0, 0.1) is 18.7 Å². The second-order valence-corrected chi connectivity index (χ2v) is 10.0. The molecule has 2 aromatic rings. The summed E-state index contributed by atoms with van der Waals surface area (Å²) in [5.41, 5.74) is 9.73. The molecule has 3 rings (SSSR count). The Labute approximate surface area is 223 Å². The predicted molar refractivity (Wildman–Crippen MR) is 156 cm³/mol. The van der Waals surface area contributed by atoms with Crippen LogP contribution in [0.5, 0.6) is 0 Å². The number of nitrogens with zero attached hydrogens (tertiary/aromatic N) is 1. The number of halogens is 1. The molecule has 0 N–H and O–H groups in total. The number of aldehydes is 1. The average Bonchev–Trinajstić information content (AvgIpc) is 2.86. The van der Waals surface area contributed by atoms with E-state index < -0.39 is 0 Å². The predicted octanol–water partition coefficient (Wildman–Crippen LogP) is 8.63. The molecule has 3 nitrogen and oxygen atoms in total. The lowest BCUT2D eigenvalue weighted by molar-refractivity contribution is -0.110. The van der Waals surface area contributed by atoms with Crippen LogP contribution in [0.1, 0.15) is 88.2 Å². The molecule has 1 aromatic heterocycles. The van der Waals surface area contributed by atoms with Crippen LogP contribution in [-0.2, 0) is 22.4 Å². The van der Waals surface area contributed by atoms with Crippen LogP contribution in [0.15, 0.2) is 48.1 Å². The molecule has 0 fully saturated rings. The monoisotopic (exact) mass is 505 g/mol. The maximum Gasteiger partial charge on any atom is 0.128 e. The van der Waals surface area contributed by atoms with Gasteiger partial charge in [0.05, 0.1) is 17.8 Å². The van der Waals surface area contributed by atoms with Gasteiger partial charge < -0.3 is 9.53 Å². The molecule has 0 spiro atoms. The second kappa shape index (κ2) is 13.6. The summed E-state index contributed by atoms with van der Waals surface area (Å²) in [6.45, 7) is 22.1. The molecule has 0 amide bonds. The first-order chi connectivity index (χ1) is 17.6. The molecule has 37 heavy (non-hydrogen) atoms. The molecule has 0 bridgehead atoms. The number of allylic oxidation sites excluding steroid dienone is 4. The number of carbonyl (C=O) groups excluding carboxylic acids is 1. The Morgan fingerprint density at radius 1 is 1.32 bits per heavy atom. The summed E-state index contributed by atoms with van der Waals surface area (Å²) in [6, 6.07) is 1.59. The average molecular weight is 506 g/mol. The van der Waals surface area contributed by atoms with Gasteiger partial charge in [-0.15, -0.1) is 6.58 Å². The maximum atomic E-state index is 14.8. The number of methoxy groups -OCH3 is 1. The van der Waals surface area contributed by atoms with E-state index in [1.165, 1.54) is 11.1 Å². The lowest BCUT2D eigenvalue weighted by atomic mass is 9.78. The van der Waals surface area contributed by atoms with Crippen molar-refractivity contribution in [1.82, 2.24) is 4.98 Å². The minimum Gasteiger partial charge on any atom is -0.380 e. The summed E-state index contributed by atoms with van der Waals surface area (Å²) >= 11 is 0. The molecule has 1 aliphatic rings. The van der Waals surface area contributed by atoms with Gasteiger partial charge in [0.2, 0.25) is 0 Å². The van der Waals surface area contributed by atoms with Crippen molar-refractivity contribution in [3.63, 3.8) is 0 Å². The molecule has 1 aliphatic carbocycles. The molecular weight excluding hydrogens is 461 g/mol. The minimum atomic E-state index is -0.258. The van der Waals surface area contributed by atoms with E-state index in [1.807, 2.05) is 34.6 Å². The number of aryl methyl sites for hydroxylation is 1. The number of hydrogen-bond acceptors (Lipinski definition) is 3. The van der Waals surface area contributed by atoms with E-state index in [4.69, 9.17) is 9.72 Å². The highest BCUT2D eigenvalue weighted by Crippen LogP contribution is 2.42. The first kappa shape index (κ1) is 30.4. The molecular formula is C33H44FNO2. The molecule has 0 saturated carbocycles. The fourth-order valence-electron chi connectivity index (χ4n) is 5.39. The lowest BCUT2D eigenvalue weighted by Crippen LogP contribution is -2.14. The molecule has 0 saturated heterocycles. The van der Waals surface area contributed by atoms with Gasteiger partial charge in [0.25, 0.3) is 0 Å². The number of ether oxygens (including phenoxy) is 1. The molecule has 4 heteroatoms. The topological polar surface area (TPSA) is 39.2 Å². The van der Waals surface area contributed by atoms with Crippen molar-refractivity contribution in [2.24, 2.45) is 5.92 Å². The van der Waals surface area contributed by atoms with Gasteiger partial charge in [0.1, 0.15) is 12.1 Å². The summed E-state index contributed by atoms with van der Waals surface area (Å²) in [4.78, 5) is 17.0. The number of benzene rings is 1. The van der Waals surface area contributed by atoms with Gasteiger partial charge in [0, 0.05) is 24.5 Å². The Morgan fingerprint density at radius 3 is 2.49 bits per heavy atom. The third-order valence-corrected chi connectivity index (χ3v) is 7.32. The lowest BCUT2D eigenvalue weighted by Gasteiger charge is -2.28. The normalized spacial score (nSPS) is 16.5. The molecule has 2 unspecified atom stereocenters. The molecule has 1 aromatic carbocycles. The van der Waals surface area contributed by atoms with E-state index in [0.29, 0.717) is 18.9 Å². The fraction of sp³-hybridized carbons (Fsp3) is 0.455. The number of carbonyl (C=O) groups is 1. The Bertz CT molecular complexity index is 1240. The van der Waals surface area contributed by atoms with E-state index in [-0.39, 0.29) is 11.7 Å². The second-order valence-electron chi connectivity index (χ2n) is 10.0. The van der Waals surface area contributed by atoms with Crippen LogP contribution in [0.3, 0.4) is 0 Å². The molecule has 0 radical (unpaired) electrons. The van der Waals surface area contributed by atoms with Crippen molar-refractivity contribution in [2.75, 3.05) is 13.7 Å². The van der Waals surface area contributed by atoms with Crippen LogP contribution in [-0.4, -0.2) is 25.0 Å². The third kappa shape index (κ3) is 6.35. The number of hydrogen-bond donors (Lipinski definition) is 0. The van der Waals surface area contributed by atoms with Crippen molar-refractivity contribution in [2.45, 2.75) is 80.1 Å². The van der Waals surface area contributed by atoms with Gasteiger partial charge >= 0.3 is 0 Å². The Hall–Kier alpha value is -2.85. The Balaban J connectivity index is 0.00000153. The van der Waals surface area contributed by atoms with Gasteiger partial charge in [-0.3, -0.25) is 0 Å². The summed E-state index contributed by atoms with van der Waals surface area (Å²) < 4.78 is 20.3. The summed E-state index contributed by atoms with van der Waals surface area (Å²) in [7, 11) is 1.65. The van der Waals surface area contributed by atoms with Crippen LogP contribution >= 0.6 is 0 Å². The van der Waals surface area contributed by atoms with Gasteiger partial charge in [-0.25, -0.2) is 9.37 Å². The van der Waals surface area contributed by atoms with E-state index in [2.05, 4.69) is 33.1 Å². The van der Waals surface area contributed by atoms with Gasteiger partial charge in [-0.1, -0.05) is 45.1 Å². The third-order valence-electron chi connectivity index (χ3n) is 7.32. The van der Waals surface area contributed by atoms with Gasteiger partial charge in [-0.05, 0) is 98.3 Å². The largest absolute Gasteiger partial charge is 0.380 e. The van der Waals surface area contributed by atoms with Gasteiger partial charge in [-0.2, -0.15) is 0 Å². The van der Waals surface area contributed by atoms with Crippen LogP contribution in [0.2, 0.25) is 0 Å². The highest BCUT2D eigenvalue weighted by atomic mass is 19.1. The summed E-state index contributed by atoms with van der Waals surface area (Å²) in [6.07, 6.45) is 8.25. The smallest absolute Gasteiger partial charge is 0.128 e. The van der Waals surface area contributed by atoms with Crippen LogP contribution in [0.25, 0.3) is 16.5 Å². The van der Waals surface area contributed by atoms with E-state index in [9.17, 15) is 9.18 Å². The van der Waals surface area contributed by atoms with Crippen LogP contribution < -0.4 is 0 Å². The first-order valence-corrected chi connectivity index (χ1v) is 13.3. The minimum absolute atomic E-state index is 0.190. The SMILES string of the molecule is C=C(C)/C(COC)=C(\C=C(/C)c1nc2cc(F)c(C)c3c2c(c1CC)C(C)CC3)C(C=O)CC.C=CC. The number of pyridine rings is 1. The number of aromatic nitrogens is 1. The van der Waals surface area contributed by atoms with Crippen molar-refractivity contribution >= 4 is 22.8 Å². The summed E-state index contributed by atoms with van der Waals surface area (Å²) in [5, 5.41) is 1.14. The summed E-state index contributed by atoms with van der Waals surface area (Å²) in [5.74, 6) is -0.0619. The van der Waals surface area contributed by atoms with E-state index in [1.54, 1.807) is 19.3 Å². The highest BCUT2D eigenvalue weighted by molar-refractivity contribution is 5.91. The maximum absolute atomic E-state index is 14.8. The molecule has 2 atom stereocenters. The zero-order chi connectivity index (χ0) is 27.9. The molecule has 1 heterocycles. The fourth-order valence-corrected chi connectivity index (χ4v) is 5.39. The highest BCUT2D eigenvalue weighted by Gasteiger charge is 2.27. The van der Waals surface area contributed by atoms with E-state index >= 15 is 0 Å². The molecule has 0 aliphatic heterocycles. The number of rotatable bonds is 9. The standard InChI is InChI=1S/C30H38FNO2.C3H6/c1-9-21(15-33)24(25(16-34-8)17(3)4)13-19(6)30-22(10-2)28-18(5)11-12-23-20(7)26(31)14-27(32-30)29(23)28;1-3-2/h13-15,18,21H,3,9-12,16H2,1-2,4-8H3;3H,1H2,2H3/b19-13+,25-24+;. The quantitative estimate of drug-likeness (QED) is 0.194. The van der Waals surface area contributed by atoms with Crippen molar-refractivity contribution in [1.29, 1.82) is 0 Å². The zero-order valence-electron chi connectivity index (χ0n) is 24.1. The van der Waals surface area contributed by atoms with Gasteiger partial charge in [0.15, 0.2) is 0 Å². The Morgan fingerprint density at radius 2 is 1.97 bits per heavy atom. The van der Waals surface area contributed by atoms with Crippen molar-refractivity contribution < 1.29 is 13.9 Å². The van der Waals surface area contributed by atoms with Crippen LogP contribution in [0.4, 0.5) is 4.39 Å². The van der Waals surface area contributed by atoms with E-state index in [0.717, 1.165) is 75.6 Å². The first-order valence-electron chi connectivity index (χ1n) is 13.3. The Kier molecular flexibility index (Phi) is 11.2. The zero-order valence-corrected chi connectivity index (χ0v) is 24.1. The van der Waals surface area contributed by atoms with Crippen molar-refractivity contribution in [3.05, 3.63) is 81.9 Å². The molecule has 200 valence electrons.